The third kappa shape index (κ3) is 7.63. The Kier molecular flexibility index (Phi) is 11.2. The van der Waals surface area contributed by atoms with Gasteiger partial charge in [-0.1, -0.05) is 0 Å². The molecule has 0 atom stereocenters. The Labute approximate surface area is 339 Å². The van der Waals surface area contributed by atoms with Crippen LogP contribution >= 0.6 is 0 Å². The van der Waals surface area contributed by atoms with E-state index in [4.69, 9.17) is 0 Å². The first-order chi connectivity index (χ1) is 29.4. The van der Waals surface area contributed by atoms with Gasteiger partial charge in [-0.2, -0.15) is 63.2 Å². The van der Waals surface area contributed by atoms with Crippen LogP contribution in [-0.2, 0) is 24.7 Å². The normalized spacial score (nSPS) is 16.1. The fraction of sp³-hybridized carbons (Fsp3) is 0.100. The van der Waals surface area contributed by atoms with Gasteiger partial charge in [0, 0.05) is 11.1 Å². The molecule has 0 aromatic heterocycles. The third-order valence-corrected chi connectivity index (χ3v) is 9.39. The van der Waals surface area contributed by atoms with Crippen LogP contribution in [0.1, 0.15) is 44.5 Å². The highest BCUT2D eigenvalue weighted by Gasteiger charge is 2.44. The van der Waals surface area contributed by atoms with E-state index in [1.807, 2.05) is 0 Å². The highest BCUT2D eigenvalue weighted by Crippen LogP contribution is 2.55. The summed E-state index contributed by atoms with van der Waals surface area (Å²) < 4.78 is 317. The molecule has 0 spiro atoms. The van der Waals surface area contributed by atoms with Crippen molar-refractivity contribution < 1.29 is 96.6 Å². The minimum atomic E-state index is -5.74. The summed E-state index contributed by atoms with van der Waals surface area (Å²) in [6.45, 7) is 0. The maximum Gasteiger partial charge on any atom is 0.416 e. The van der Waals surface area contributed by atoms with Crippen LogP contribution in [0.3, 0.4) is 0 Å². The van der Waals surface area contributed by atoms with Gasteiger partial charge in [-0.15, -0.1) is 0 Å². The number of hydrogen-bond acceptors (Lipinski definition) is 2. The zero-order chi connectivity index (χ0) is 48.1. The molecule has 0 amide bonds. The molecule has 0 unspecified atom stereocenters. The van der Waals surface area contributed by atoms with E-state index in [9.17, 15) is 89.6 Å². The zero-order valence-electron chi connectivity index (χ0n) is 29.8. The summed E-state index contributed by atoms with van der Waals surface area (Å²) in [4.78, 5) is 0. The van der Waals surface area contributed by atoms with Crippen LogP contribution in [0.5, 0.6) is 0 Å². The molecule has 2 aliphatic carbocycles. The number of alkyl halides is 12. The SMILES string of the molecule is N#C/C(=C1\C(c2cc(C(F)(F)F)cc(C(F)(F)F)c2)=CC2=C1C=C(c1cc(C(F)(F)F)cc(C(F)(F)F)c1)/C2=C(\C#N)c1c(F)c(F)c(F)c(F)c1F)c1c(F)c(F)c(F)c(F)c1F. The van der Waals surface area contributed by atoms with Gasteiger partial charge in [-0.3, -0.25) is 0 Å². The van der Waals surface area contributed by atoms with Crippen molar-refractivity contribution in [3.8, 4) is 12.1 Å². The minimum absolute atomic E-state index is 0.143. The molecule has 0 saturated carbocycles. The van der Waals surface area contributed by atoms with E-state index in [1.54, 1.807) is 0 Å². The molecule has 2 nitrogen and oxygen atoms in total. The standard InChI is InChI=1S/C40H8F22N2/c41-27-25(28(42)32(46)35(49)31(27)45)21(9-63)23-17(11-1-13(37(51,52)53)5-14(2-11)38(54,55)56)7-19-20(23)8-18(12-3-15(39(57,58)59)6-16(4-12)40(60,61)62)24(19)22(10-64)26-29(43)33(47)36(50)34(48)30(26)44/h1-8H/b23-21-,24-22-. The van der Waals surface area contributed by atoms with Gasteiger partial charge in [0.1, 0.15) is 12.1 Å². The van der Waals surface area contributed by atoms with Crippen LogP contribution < -0.4 is 0 Å². The lowest BCUT2D eigenvalue weighted by molar-refractivity contribution is -0.144. The average Bonchev–Trinajstić information content (AvgIpc) is 3.76. The maximum absolute atomic E-state index is 15.4. The summed E-state index contributed by atoms with van der Waals surface area (Å²) in [5.41, 5.74) is -28.9. The fourth-order valence-corrected chi connectivity index (χ4v) is 6.63. The molecule has 0 saturated heterocycles. The number of halogens is 22. The molecule has 0 N–H and O–H groups in total. The first kappa shape index (κ1) is 46.5. The van der Waals surface area contributed by atoms with Gasteiger partial charge < -0.3 is 0 Å². The van der Waals surface area contributed by atoms with Crippen molar-refractivity contribution in [2.75, 3.05) is 0 Å². The smallest absolute Gasteiger partial charge is 0.203 e. The van der Waals surface area contributed by atoms with E-state index in [0.717, 1.165) is 12.1 Å². The second kappa shape index (κ2) is 15.4. The van der Waals surface area contributed by atoms with Crippen LogP contribution in [0, 0.1) is 80.8 Å². The Balaban J connectivity index is 1.91. The van der Waals surface area contributed by atoms with Crippen LogP contribution in [0.2, 0.25) is 0 Å². The molecule has 0 aliphatic heterocycles. The quantitative estimate of drug-likeness (QED) is 0.0886. The number of allylic oxidation sites excluding steroid dienone is 10. The minimum Gasteiger partial charge on any atom is -0.203 e. The van der Waals surface area contributed by atoms with Crippen molar-refractivity contribution in [3.05, 3.63) is 174 Å². The lowest BCUT2D eigenvalue weighted by Gasteiger charge is -2.19. The van der Waals surface area contributed by atoms with Gasteiger partial charge in [0.25, 0.3) is 0 Å². The van der Waals surface area contributed by atoms with Crippen LogP contribution in [0.25, 0.3) is 22.3 Å². The molecule has 0 radical (unpaired) electrons. The van der Waals surface area contributed by atoms with Gasteiger partial charge in [0.2, 0.25) is 11.6 Å². The van der Waals surface area contributed by atoms with Crippen LogP contribution in [0.4, 0.5) is 96.6 Å². The summed E-state index contributed by atoms with van der Waals surface area (Å²) in [6.07, 6.45) is -22.7. The van der Waals surface area contributed by atoms with Gasteiger partial charge in [-0.25, -0.2) is 43.9 Å². The summed E-state index contributed by atoms with van der Waals surface area (Å²) in [7, 11) is 0. The molecule has 4 aromatic carbocycles. The highest BCUT2D eigenvalue weighted by atomic mass is 19.4. The second-order valence-electron chi connectivity index (χ2n) is 13.1. The fourth-order valence-electron chi connectivity index (χ4n) is 6.63. The molecule has 332 valence electrons. The number of hydrogen-bond donors (Lipinski definition) is 0. The maximum atomic E-state index is 15.4. The topological polar surface area (TPSA) is 47.6 Å². The monoisotopic (exact) mass is 934 g/mol. The predicted molar refractivity (Wildman–Crippen MR) is 173 cm³/mol. The molecule has 64 heavy (non-hydrogen) atoms. The Bertz CT molecular complexity index is 2670. The Hall–Kier alpha value is -6.98. The van der Waals surface area contributed by atoms with E-state index in [1.165, 1.54) is 0 Å². The molecule has 0 fully saturated rings. The van der Waals surface area contributed by atoms with Crippen molar-refractivity contribution >= 4 is 22.3 Å². The molecular weight excluding hydrogens is 926 g/mol. The predicted octanol–water partition coefficient (Wildman–Crippen LogP) is 13.9. The van der Waals surface area contributed by atoms with Gasteiger partial charge in [-0.05, 0) is 82.0 Å². The van der Waals surface area contributed by atoms with Gasteiger partial charge >= 0.3 is 24.7 Å². The van der Waals surface area contributed by atoms with Gasteiger partial charge in [0.05, 0.1) is 44.5 Å². The number of nitriles is 2. The van der Waals surface area contributed by atoms with E-state index in [0.29, 0.717) is 0 Å². The van der Waals surface area contributed by atoms with Crippen molar-refractivity contribution in [2.45, 2.75) is 24.7 Å². The van der Waals surface area contributed by atoms with Crippen molar-refractivity contribution in [3.63, 3.8) is 0 Å². The Morgan fingerprint density at radius 1 is 0.344 bits per heavy atom. The molecule has 6 rings (SSSR count). The lowest BCUT2D eigenvalue weighted by atomic mass is 9.86. The van der Waals surface area contributed by atoms with Crippen molar-refractivity contribution in [1.82, 2.24) is 0 Å². The number of nitrogens with zero attached hydrogens (tertiary/aromatic N) is 2. The molecule has 24 heteroatoms. The largest absolute Gasteiger partial charge is 0.416 e. The molecular formula is C40H8F22N2. The van der Waals surface area contributed by atoms with E-state index in [2.05, 4.69) is 0 Å². The second-order valence-corrected chi connectivity index (χ2v) is 13.1. The molecule has 2 aliphatic rings. The van der Waals surface area contributed by atoms with E-state index >= 15 is 17.6 Å². The number of rotatable bonds is 4. The van der Waals surface area contributed by atoms with Crippen molar-refractivity contribution in [1.29, 1.82) is 10.5 Å². The van der Waals surface area contributed by atoms with Gasteiger partial charge in [0.15, 0.2) is 46.5 Å². The lowest BCUT2D eigenvalue weighted by Crippen LogP contribution is -2.12. The average molecular weight is 934 g/mol. The molecule has 0 heterocycles. The van der Waals surface area contributed by atoms with E-state index < -0.39 is 184 Å². The van der Waals surface area contributed by atoms with Crippen LogP contribution in [0.15, 0.2) is 70.8 Å². The summed E-state index contributed by atoms with van der Waals surface area (Å²) in [5.74, 6) is -28.9. The van der Waals surface area contributed by atoms with Crippen molar-refractivity contribution in [2.24, 2.45) is 0 Å². The third-order valence-electron chi connectivity index (χ3n) is 9.39. The zero-order valence-corrected chi connectivity index (χ0v) is 29.8. The first-order valence-corrected chi connectivity index (χ1v) is 16.5. The Morgan fingerprint density at radius 2 is 0.562 bits per heavy atom. The highest BCUT2D eigenvalue weighted by molar-refractivity contribution is 6.12. The molecule has 4 aromatic rings. The first-order valence-electron chi connectivity index (χ1n) is 16.5. The summed E-state index contributed by atoms with van der Waals surface area (Å²) in [6, 6.07) is 0.100. The van der Waals surface area contributed by atoms with Crippen LogP contribution in [-0.4, -0.2) is 0 Å². The summed E-state index contributed by atoms with van der Waals surface area (Å²) >= 11 is 0. The molecule has 0 bridgehead atoms. The summed E-state index contributed by atoms with van der Waals surface area (Å²) in [5, 5.41) is 20.5. The van der Waals surface area contributed by atoms with E-state index in [-0.39, 0.29) is 36.4 Å². The Morgan fingerprint density at radius 3 is 0.766 bits per heavy atom. The number of benzene rings is 4.